The fourth-order valence-electron chi connectivity index (χ4n) is 1.51. The molecule has 0 saturated heterocycles. The van der Waals surface area contributed by atoms with Gasteiger partial charge >= 0.3 is 0 Å². The number of nitriles is 1. The number of nitrogen functional groups attached to an aromatic ring is 1. The second kappa shape index (κ2) is 5.12. The van der Waals surface area contributed by atoms with Gasteiger partial charge in [0.05, 0.1) is 22.0 Å². The van der Waals surface area contributed by atoms with Crippen LogP contribution in [0.5, 0.6) is 0 Å². The van der Waals surface area contributed by atoms with Crippen LogP contribution in [0.1, 0.15) is 5.56 Å². The molecule has 0 unspecified atom stereocenters. The third-order valence-corrected chi connectivity index (χ3v) is 2.75. The summed E-state index contributed by atoms with van der Waals surface area (Å²) in [7, 11) is 0. The lowest BCUT2D eigenvalue weighted by Crippen LogP contribution is -1.98. The van der Waals surface area contributed by atoms with Gasteiger partial charge in [0, 0.05) is 11.8 Å². The summed E-state index contributed by atoms with van der Waals surface area (Å²) in [5.41, 5.74) is 6.52. The van der Waals surface area contributed by atoms with Crippen molar-refractivity contribution in [3.63, 3.8) is 0 Å². The van der Waals surface area contributed by atoms with Crippen molar-refractivity contribution in [2.45, 2.75) is 0 Å². The smallest absolute Gasteiger partial charge is 0.143 e. The summed E-state index contributed by atoms with van der Waals surface area (Å²) in [4.78, 5) is 0. The first-order valence-corrected chi connectivity index (χ1v) is 5.60. The number of rotatable bonds is 2. The lowest BCUT2D eigenvalue weighted by molar-refractivity contribution is 0.624. The van der Waals surface area contributed by atoms with Crippen LogP contribution in [0.2, 0.25) is 5.02 Å². The standard InChI is InChI=1S/C13H8ClF2N3/c14-9-4-13(12(18)5-11(9)16)19-8-1-2-10(15)7(3-8)6-17/h1-5,19H,18H2. The highest BCUT2D eigenvalue weighted by Crippen LogP contribution is 2.29. The monoisotopic (exact) mass is 279 g/mol. The van der Waals surface area contributed by atoms with Crippen molar-refractivity contribution >= 4 is 28.7 Å². The van der Waals surface area contributed by atoms with E-state index in [0.29, 0.717) is 11.4 Å². The molecule has 6 heteroatoms. The van der Waals surface area contributed by atoms with Crippen molar-refractivity contribution in [1.29, 1.82) is 5.26 Å². The van der Waals surface area contributed by atoms with Gasteiger partial charge < -0.3 is 11.1 Å². The van der Waals surface area contributed by atoms with Crippen molar-refractivity contribution < 1.29 is 8.78 Å². The predicted molar refractivity (Wildman–Crippen MR) is 70.2 cm³/mol. The molecule has 0 saturated carbocycles. The third-order valence-electron chi connectivity index (χ3n) is 2.46. The largest absolute Gasteiger partial charge is 0.397 e. The Morgan fingerprint density at radius 3 is 2.58 bits per heavy atom. The minimum Gasteiger partial charge on any atom is -0.397 e. The van der Waals surface area contributed by atoms with Gasteiger partial charge in [-0.2, -0.15) is 5.26 Å². The molecule has 96 valence electrons. The molecular formula is C13H8ClF2N3. The zero-order chi connectivity index (χ0) is 14.0. The molecule has 0 aliphatic heterocycles. The molecular weight excluding hydrogens is 272 g/mol. The number of hydrogen-bond donors (Lipinski definition) is 2. The third kappa shape index (κ3) is 2.75. The number of hydrogen-bond acceptors (Lipinski definition) is 3. The highest BCUT2D eigenvalue weighted by atomic mass is 35.5. The quantitative estimate of drug-likeness (QED) is 0.822. The minimum atomic E-state index is -0.624. The van der Waals surface area contributed by atoms with Crippen molar-refractivity contribution in [3.8, 4) is 6.07 Å². The van der Waals surface area contributed by atoms with Crippen LogP contribution in [0.4, 0.5) is 25.8 Å². The molecule has 0 spiro atoms. The molecule has 0 aliphatic carbocycles. The van der Waals surface area contributed by atoms with Crippen LogP contribution < -0.4 is 11.1 Å². The SMILES string of the molecule is N#Cc1cc(Nc2cc(Cl)c(F)cc2N)ccc1F. The van der Waals surface area contributed by atoms with Crippen LogP contribution in [-0.2, 0) is 0 Å². The van der Waals surface area contributed by atoms with Gasteiger partial charge in [0.25, 0.3) is 0 Å². The highest BCUT2D eigenvalue weighted by Gasteiger charge is 2.08. The van der Waals surface area contributed by atoms with Crippen LogP contribution >= 0.6 is 11.6 Å². The molecule has 0 atom stereocenters. The van der Waals surface area contributed by atoms with E-state index < -0.39 is 11.6 Å². The van der Waals surface area contributed by atoms with E-state index in [1.165, 1.54) is 18.2 Å². The molecule has 2 rings (SSSR count). The van der Waals surface area contributed by atoms with Gasteiger partial charge in [0.2, 0.25) is 0 Å². The molecule has 0 heterocycles. The Hall–Kier alpha value is -2.32. The van der Waals surface area contributed by atoms with Gasteiger partial charge in [-0.3, -0.25) is 0 Å². The van der Waals surface area contributed by atoms with Gasteiger partial charge in [-0.25, -0.2) is 8.78 Å². The number of halogens is 3. The maximum absolute atomic E-state index is 13.2. The van der Waals surface area contributed by atoms with Gasteiger partial charge in [0.1, 0.15) is 17.7 Å². The zero-order valence-corrected chi connectivity index (χ0v) is 10.3. The molecule has 3 nitrogen and oxygen atoms in total. The Balaban J connectivity index is 2.37. The molecule has 0 fully saturated rings. The first-order valence-electron chi connectivity index (χ1n) is 5.22. The Bertz CT molecular complexity index is 680. The van der Waals surface area contributed by atoms with E-state index in [1.807, 2.05) is 0 Å². The zero-order valence-electron chi connectivity index (χ0n) is 9.55. The lowest BCUT2D eigenvalue weighted by atomic mass is 10.2. The van der Waals surface area contributed by atoms with Crippen LogP contribution in [0, 0.1) is 23.0 Å². The number of nitrogens with two attached hydrogens (primary N) is 1. The number of nitrogens with zero attached hydrogens (tertiary/aromatic N) is 1. The van der Waals surface area contributed by atoms with E-state index in [9.17, 15) is 8.78 Å². The Morgan fingerprint density at radius 2 is 1.89 bits per heavy atom. The molecule has 3 N–H and O–H groups in total. The van der Waals surface area contributed by atoms with Crippen molar-refractivity contribution in [3.05, 3.63) is 52.6 Å². The molecule has 0 amide bonds. The average Bonchev–Trinajstić information content (AvgIpc) is 2.38. The van der Waals surface area contributed by atoms with Crippen LogP contribution in [0.3, 0.4) is 0 Å². The molecule has 19 heavy (non-hydrogen) atoms. The first kappa shape index (κ1) is 13.1. The Morgan fingerprint density at radius 1 is 1.16 bits per heavy atom. The van der Waals surface area contributed by atoms with Crippen molar-refractivity contribution in [2.24, 2.45) is 0 Å². The van der Waals surface area contributed by atoms with Crippen LogP contribution in [0.25, 0.3) is 0 Å². The Labute approximate surface area is 113 Å². The number of benzene rings is 2. The minimum absolute atomic E-state index is 0.0840. The summed E-state index contributed by atoms with van der Waals surface area (Å²) >= 11 is 5.65. The summed E-state index contributed by atoms with van der Waals surface area (Å²) in [6.45, 7) is 0. The van der Waals surface area contributed by atoms with E-state index in [4.69, 9.17) is 22.6 Å². The summed E-state index contributed by atoms with van der Waals surface area (Å²) in [5, 5.41) is 11.5. The maximum Gasteiger partial charge on any atom is 0.143 e. The van der Waals surface area contributed by atoms with Crippen LogP contribution in [0.15, 0.2) is 30.3 Å². The lowest BCUT2D eigenvalue weighted by Gasteiger charge is -2.10. The van der Waals surface area contributed by atoms with Gasteiger partial charge in [-0.15, -0.1) is 0 Å². The second-order valence-corrected chi connectivity index (χ2v) is 4.19. The summed E-state index contributed by atoms with van der Waals surface area (Å²) in [6, 6.07) is 8.05. The molecule has 0 bridgehead atoms. The molecule has 0 aromatic heterocycles. The van der Waals surface area contributed by atoms with Crippen molar-refractivity contribution in [1.82, 2.24) is 0 Å². The number of anilines is 3. The van der Waals surface area contributed by atoms with Gasteiger partial charge in [-0.05, 0) is 24.3 Å². The van der Waals surface area contributed by atoms with Crippen LogP contribution in [-0.4, -0.2) is 0 Å². The fourth-order valence-corrected chi connectivity index (χ4v) is 1.68. The average molecular weight is 280 g/mol. The Kier molecular flexibility index (Phi) is 3.54. The van der Waals surface area contributed by atoms with E-state index >= 15 is 0 Å². The molecule has 0 aliphatic rings. The maximum atomic E-state index is 13.2. The highest BCUT2D eigenvalue weighted by molar-refractivity contribution is 6.31. The van der Waals surface area contributed by atoms with Gasteiger partial charge in [-0.1, -0.05) is 11.6 Å². The molecule has 2 aromatic rings. The summed E-state index contributed by atoms with van der Waals surface area (Å²) in [6.07, 6.45) is 0. The first-order chi connectivity index (χ1) is 9.01. The van der Waals surface area contributed by atoms with E-state index in [0.717, 1.165) is 12.1 Å². The molecule has 0 radical (unpaired) electrons. The topological polar surface area (TPSA) is 61.8 Å². The second-order valence-electron chi connectivity index (χ2n) is 3.78. The fraction of sp³-hybridized carbons (Fsp3) is 0. The number of nitrogens with one attached hydrogen (secondary N) is 1. The van der Waals surface area contributed by atoms with E-state index in [2.05, 4.69) is 5.32 Å². The predicted octanol–water partition coefficient (Wildman–Crippen LogP) is 3.82. The summed E-state index contributed by atoms with van der Waals surface area (Å²) in [5.74, 6) is -1.24. The summed E-state index contributed by atoms with van der Waals surface area (Å²) < 4.78 is 26.3. The normalized spacial score (nSPS) is 10.0. The molecule has 2 aromatic carbocycles. The van der Waals surface area contributed by atoms with E-state index in [-0.39, 0.29) is 16.3 Å². The van der Waals surface area contributed by atoms with Gasteiger partial charge in [0.15, 0.2) is 0 Å². The van der Waals surface area contributed by atoms with E-state index in [1.54, 1.807) is 6.07 Å². The van der Waals surface area contributed by atoms with Crippen molar-refractivity contribution in [2.75, 3.05) is 11.1 Å².